The summed E-state index contributed by atoms with van der Waals surface area (Å²) < 4.78 is 9.01. The average molecular weight is 393 g/mol. The molecule has 0 saturated heterocycles. The molecule has 4 aromatic rings. The fraction of sp³-hybridized carbons (Fsp3) is 0.350. The van der Waals surface area contributed by atoms with Crippen LogP contribution >= 0.6 is 0 Å². The highest BCUT2D eigenvalue weighted by Gasteiger charge is 2.21. The first kappa shape index (κ1) is 18.9. The van der Waals surface area contributed by atoms with Crippen molar-refractivity contribution in [3.05, 3.63) is 41.3 Å². The number of carbonyl (C=O) groups is 1. The lowest BCUT2D eigenvalue weighted by atomic mass is 10.1. The van der Waals surface area contributed by atoms with Crippen LogP contribution in [0.1, 0.15) is 48.6 Å². The number of amides is 1. The number of aryl methyl sites for hydroxylation is 3. The van der Waals surface area contributed by atoms with Crippen molar-refractivity contribution in [2.45, 2.75) is 47.2 Å². The van der Waals surface area contributed by atoms with Gasteiger partial charge in [-0.15, -0.1) is 0 Å². The SMILES string of the molecule is CCn1ccc(-c2cc(C(=O)Nc3cc(C)n(C(C)C)n3)c3c(C)noc3n2)n1. The van der Waals surface area contributed by atoms with Crippen molar-refractivity contribution in [2.24, 2.45) is 0 Å². The molecule has 0 bridgehead atoms. The zero-order valence-electron chi connectivity index (χ0n) is 17.1. The van der Waals surface area contributed by atoms with Crippen LogP contribution in [-0.2, 0) is 6.54 Å². The predicted octanol–water partition coefficient (Wildman–Crippen LogP) is 3.75. The van der Waals surface area contributed by atoms with Gasteiger partial charge in [-0.3, -0.25) is 14.2 Å². The number of hydrogen-bond acceptors (Lipinski definition) is 6. The summed E-state index contributed by atoms with van der Waals surface area (Å²) in [5.74, 6) is 0.199. The van der Waals surface area contributed by atoms with E-state index in [9.17, 15) is 4.79 Å². The summed E-state index contributed by atoms with van der Waals surface area (Å²) in [5.41, 5.74) is 3.52. The highest BCUT2D eigenvalue weighted by Crippen LogP contribution is 2.27. The van der Waals surface area contributed by atoms with Crippen LogP contribution in [0, 0.1) is 13.8 Å². The molecular formula is C20H23N7O2. The lowest BCUT2D eigenvalue weighted by molar-refractivity contribution is 0.102. The van der Waals surface area contributed by atoms with Crippen molar-refractivity contribution in [3.63, 3.8) is 0 Å². The minimum absolute atomic E-state index is 0.203. The number of rotatable bonds is 5. The van der Waals surface area contributed by atoms with E-state index in [-0.39, 0.29) is 11.9 Å². The molecule has 0 radical (unpaired) electrons. The highest BCUT2D eigenvalue weighted by molar-refractivity contribution is 6.12. The Morgan fingerprint density at radius 3 is 2.66 bits per heavy atom. The van der Waals surface area contributed by atoms with Crippen molar-refractivity contribution >= 4 is 22.8 Å². The van der Waals surface area contributed by atoms with Gasteiger partial charge in [-0.05, 0) is 46.8 Å². The van der Waals surface area contributed by atoms with Gasteiger partial charge in [-0.2, -0.15) is 10.2 Å². The molecule has 0 fully saturated rings. The predicted molar refractivity (Wildman–Crippen MR) is 109 cm³/mol. The Hall–Kier alpha value is -3.49. The number of fused-ring (bicyclic) bond motifs is 1. The summed E-state index contributed by atoms with van der Waals surface area (Å²) in [6.07, 6.45) is 1.87. The number of pyridine rings is 1. The molecule has 9 nitrogen and oxygen atoms in total. The molecule has 29 heavy (non-hydrogen) atoms. The summed E-state index contributed by atoms with van der Waals surface area (Å²) in [4.78, 5) is 17.6. The van der Waals surface area contributed by atoms with Crippen molar-refractivity contribution in [1.82, 2.24) is 29.7 Å². The van der Waals surface area contributed by atoms with Gasteiger partial charge in [0.1, 0.15) is 5.69 Å². The number of hydrogen-bond donors (Lipinski definition) is 1. The quantitative estimate of drug-likeness (QED) is 0.554. The second-order valence-corrected chi connectivity index (χ2v) is 7.22. The zero-order chi connectivity index (χ0) is 20.7. The maximum absolute atomic E-state index is 13.1. The number of anilines is 1. The molecule has 0 atom stereocenters. The van der Waals surface area contributed by atoms with E-state index in [1.54, 1.807) is 17.7 Å². The van der Waals surface area contributed by atoms with Crippen LogP contribution in [0.2, 0.25) is 0 Å². The van der Waals surface area contributed by atoms with Gasteiger partial charge in [-0.1, -0.05) is 5.16 Å². The Bertz CT molecular complexity index is 1200. The zero-order valence-corrected chi connectivity index (χ0v) is 17.1. The summed E-state index contributed by atoms with van der Waals surface area (Å²) in [6.45, 7) is 10.6. The van der Waals surface area contributed by atoms with Gasteiger partial charge >= 0.3 is 0 Å². The Labute approximate surface area is 167 Å². The molecule has 0 unspecified atom stereocenters. The normalized spacial score (nSPS) is 11.5. The summed E-state index contributed by atoms with van der Waals surface area (Å²) in [7, 11) is 0. The highest BCUT2D eigenvalue weighted by atomic mass is 16.5. The van der Waals surface area contributed by atoms with Crippen molar-refractivity contribution in [3.8, 4) is 11.4 Å². The fourth-order valence-electron chi connectivity index (χ4n) is 3.33. The molecule has 1 amide bonds. The molecule has 0 aromatic carbocycles. The molecule has 0 spiro atoms. The van der Waals surface area contributed by atoms with Gasteiger partial charge < -0.3 is 9.84 Å². The molecule has 150 valence electrons. The van der Waals surface area contributed by atoms with Crippen LogP contribution in [0.5, 0.6) is 0 Å². The third-order valence-corrected chi connectivity index (χ3v) is 4.74. The average Bonchev–Trinajstić information content (AvgIpc) is 3.40. The van der Waals surface area contributed by atoms with Crippen molar-refractivity contribution in [2.75, 3.05) is 5.32 Å². The minimum atomic E-state index is -0.298. The maximum Gasteiger partial charge on any atom is 0.259 e. The number of aromatic nitrogens is 6. The third kappa shape index (κ3) is 3.39. The monoisotopic (exact) mass is 393 g/mol. The number of carbonyl (C=O) groups excluding carboxylic acids is 1. The second-order valence-electron chi connectivity index (χ2n) is 7.22. The van der Waals surface area contributed by atoms with Crippen LogP contribution in [0.15, 0.2) is 28.9 Å². The maximum atomic E-state index is 13.1. The third-order valence-electron chi connectivity index (χ3n) is 4.74. The lowest BCUT2D eigenvalue weighted by Gasteiger charge is -2.07. The lowest BCUT2D eigenvalue weighted by Crippen LogP contribution is -2.14. The Kier molecular flexibility index (Phi) is 4.65. The number of nitrogens with one attached hydrogen (secondary N) is 1. The minimum Gasteiger partial charge on any atom is -0.335 e. The smallest absolute Gasteiger partial charge is 0.259 e. The molecule has 0 saturated carbocycles. The topological polar surface area (TPSA) is 104 Å². The molecule has 9 heteroatoms. The largest absolute Gasteiger partial charge is 0.335 e. The van der Waals surface area contributed by atoms with Crippen LogP contribution in [0.25, 0.3) is 22.5 Å². The van der Waals surface area contributed by atoms with Crippen LogP contribution in [0.4, 0.5) is 5.82 Å². The second kappa shape index (κ2) is 7.16. The van der Waals surface area contributed by atoms with Crippen molar-refractivity contribution in [1.29, 1.82) is 0 Å². The van der Waals surface area contributed by atoms with E-state index >= 15 is 0 Å². The van der Waals surface area contributed by atoms with Gasteiger partial charge in [0.2, 0.25) is 0 Å². The Morgan fingerprint density at radius 2 is 2.00 bits per heavy atom. The fourth-order valence-corrected chi connectivity index (χ4v) is 3.33. The summed E-state index contributed by atoms with van der Waals surface area (Å²) in [6, 6.07) is 5.63. The molecular weight excluding hydrogens is 370 g/mol. The Balaban J connectivity index is 1.76. The molecule has 4 rings (SSSR count). The van der Waals surface area contributed by atoms with E-state index in [1.807, 2.05) is 50.7 Å². The molecule has 0 aliphatic carbocycles. The first-order valence-electron chi connectivity index (χ1n) is 9.55. The van der Waals surface area contributed by atoms with Crippen LogP contribution < -0.4 is 5.32 Å². The molecule has 0 aliphatic heterocycles. The molecule has 4 aromatic heterocycles. The molecule has 1 N–H and O–H groups in total. The van der Waals surface area contributed by atoms with Gasteiger partial charge in [0.25, 0.3) is 11.6 Å². The van der Waals surface area contributed by atoms with Gasteiger partial charge in [-0.25, -0.2) is 4.98 Å². The van der Waals surface area contributed by atoms with E-state index in [0.717, 1.165) is 12.2 Å². The van der Waals surface area contributed by atoms with E-state index in [4.69, 9.17) is 4.52 Å². The van der Waals surface area contributed by atoms with E-state index < -0.39 is 0 Å². The first-order chi connectivity index (χ1) is 13.9. The molecule has 4 heterocycles. The van der Waals surface area contributed by atoms with E-state index in [0.29, 0.717) is 39.6 Å². The summed E-state index contributed by atoms with van der Waals surface area (Å²) >= 11 is 0. The van der Waals surface area contributed by atoms with E-state index in [2.05, 4.69) is 25.7 Å². The Morgan fingerprint density at radius 1 is 1.21 bits per heavy atom. The van der Waals surface area contributed by atoms with Crippen molar-refractivity contribution < 1.29 is 9.32 Å². The first-order valence-corrected chi connectivity index (χ1v) is 9.55. The standard InChI is InChI=1S/C20H23N7O2/c1-6-26-8-7-15(23-26)16-10-14(18-13(5)25-29-20(18)21-16)19(28)22-17-9-12(4)27(24-17)11(2)3/h7-11H,6H2,1-5H3,(H,22,24,28). The van der Waals surface area contributed by atoms with E-state index in [1.165, 1.54) is 0 Å². The number of nitrogens with zero attached hydrogens (tertiary/aromatic N) is 6. The summed E-state index contributed by atoms with van der Waals surface area (Å²) in [5, 5.41) is 16.4. The molecule has 0 aliphatic rings. The van der Waals surface area contributed by atoms with Gasteiger partial charge in [0.15, 0.2) is 5.82 Å². The van der Waals surface area contributed by atoms with Crippen LogP contribution in [-0.4, -0.2) is 35.6 Å². The van der Waals surface area contributed by atoms with Crippen LogP contribution in [0.3, 0.4) is 0 Å². The van der Waals surface area contributed by atoms with Gasteiger partial charge in [0.05, 0.1) is 22.3 Å². The van der Waals surface area contributed by atoms with Gasteiger partial charge in [0, 0.05) is 30.5 Å².